The molecule has 9 heteroatoms. The van der Waals surface area contributed by atoms with Crippen molar-refractivity contribution in [1.29, 1.82) is 0 Å². The van der Waals surface area contributed by atoms with Gasteiger partial charge in [-0.3, -0.25) is 14.4 Å². The number of rotatable bonds is 9. The molecule has 1 fully saturated rings. The molecular formula is C19H24F3N3O3. The van der Waals surface area contributed by atoms with Crippen LogP contribution in [-0.4, -0.2) is 42.3 Å². The molecule has 1 aliphatic rings. The predicted octanol–water partition coefficient (Wildman–Crippen LogP) is 2.44. The molecule has 6 nitrogen and oxygen atoms in total. The van der Waals surface area contributed by atoms with Crippen LogP contribution in [0.25, 0.3) is 0 Å². The number of carbonyl (C=O) groups excluding carboxylic acids is 3. The van der Waals surface area contributed by atoms with Gasteiger partial charge in [0.15, 0.2) is 17.5 Å². The average molecular weight is 399 g/mol. The minimum absolute atomic E-state index is 0.0126. The molecule has 2 unspecified atom stereocenters. The van der Waals surface area contributed by atoms with Crippen molar-refractivity contribution in [2.24, 2.45) is 11.8 Å². The van der Waals surface area contributed by atoms with E-state index in [9.17, 15) is 27.6 Å². The Hall–Kier alpha value is -2.58. The van der Waals surface area contributed by atoms with Crippen molar-refractivity contribution in [1.82, 2.24) is 10.2 Å². The van der Waals surface area contributed by atoms with Crippen LogP contribution >= 0.6 is 0 Å². The third-order valence-corrected chi connectivity index (χ3v) is 4.57. The fourth-order valence-electron chi connectivity index (χ4n) is 2.82. The monoisotopic (exact) mass is 399 g/mol. The summed E-state index contributed by atoms with van der Waals surface area (Å²) < 4.78 is 39.9. The molecule has 2 rings (SSSR count). The fourth-order valence-corrected chi connectivity index (χ4v) is 2.82. The highest BCUT2D eigenvalue weighted by Gasteiger charge is 2.38. The van der Waals surface area contributed by atoms with Crippen LogP contribution in [0, 0.1) is 29.3 Å². The average Bonchev–Trinajstić information content (AvgIpc) is 3.38. The van der Waals surface area contributed by atoms with Crippen LogP contribution in [-0.2, 0) is 14.4 Å². The molecule has 0 heterocycles. The van der Waals surface area contributed by atoms with Crippen LogP contribution in [0.1, 0.15) is 33.1 Å². The maximum atomic E-state index is 13.7. The summed E-state index contributed by atoms with van der Waals surface area (Å²) in [5.74, 6) is -5.31. The zero-order chi connectivity index (χ0) is 20.8. The van der Waals surface area contributed by atoms with E-state index in [1.54, 1.807) is 0 Å². The Morgan fingerprint density at radius 1 is 1.18 bits per heavy atom. The van der Waals surface area contributed by atoms with Crippen molar-refractivity contribution in [2.45, 2.75) is 33.1 Å². The maximum Gasteiger partial charge on any atom is 0.244 e. The predicted molar refractivity (Wildman–Crippen MR) is 96.7 cm³/mol. The first-order chi connectivity index (χ1) is 13.2. The molecule has 0 bridgehead atoms. The van der Waals surface area contributed by atoms with E-state index >= 15 is 0 Å². The Labute approximate surface area is 161 Å². The van der Waals surface area contributed by atoms with Crippen molar-refractivity contribution in [3.8, 4) is 0 Å². The standard InChI is InChI=1S/C19H24F3N3O3/c1-3-8-25(16(27)6-7-23-19(28)12-9-11(12)2)10-15(26)24-14-5-4-13(20)17(21)18(14)22/h4-5,11-12H,3,6-10H2,1-2H3,(H,23,28)(H,24,26). The van der Waals surface area contributed by atoms with Gasteiger partial charge in [-0.25, -0.2) is 13.2 Å². The van der Waals surface area contributed by atoms with E-state index in [2.05, 4.69) is 10.6 Å². The molecular weight excluding hydrogens is 375 g/mol. The van der Waals surface area contributed by atoms with Crippen molar-refractivity contribution < 1.29 is 27.6 Å². The smallest absolute Gasteiger partial charge is 0.244 e. The summed E-state index contributed by atoms with van der Waals surface area (Å²) in [6.07, 6.45) is 1.46. The first-order valence-corrected chi connectivity index (χ1v) is 9.23. The van der Waals surface area contributed by atoms with Crippen molar-refractivity contribution >= 4 is 23.4 Å². The summed E-state index contributed by atoms with van der Waals surface area (Å²) in [5, 5.41) is 4.84. The molecule has 28 heavy (non-hydrogen) atoms. The Bertz CT molecular complexity index is 757. The first-order valence-electron chi connectivity index (χ1n) is 9.23. The van der Waals surface area contributed by atoms with Crippen molar-refractivity contribution in [2.75, 3.05) is 25.0 Å². The summed E-state index contributed by atoms with van der Waals surface area (Å²) in [7, 11) is 0. The molecule has 1 aromatic carbocycles. The van der Waals surface area contributed by atoms with Crippen LogP contribution in [0.15, 0.2) is 12.1 Å². The van der Waals surface area contributed by atoms with E-state index in [1.807, 2.05) is 13.8 Å². The number of benzene rings is 1. The van der Waals surface area contributed by atoms with Crippen LogP contribution < -0.4 is 10.6 Å². The molecule has 2 N–H and O–H groups in total. The second kappa shape index (κ2) is 9.57. The number of amides is 3. The van der Waals surface area contributed by atoms with Crippen LogP contribution in [0.3, 0.4) is 0 Å². The highest BCUT2D eigenvalue weighted by atomic mass is 19.2. The number of nitrogens with zero attached hydrogens (tertiary/aromatic N) is 1. The number of anilines is 1. The molecule has 1 aromatic rings. The largest absolute Gasteiger partial charge is 0.355 e. The SMILES string of the molecule is CCCN(CC(=O)Nc1ccc(F)c(F)c1F)C(=O)CCNC(=O)C1CC1C. The number of hydrogen-bond acceptors (Lipinski definition) is 3. The lowest BCUT2D eigenvalue weighted by Gasteiger charge is -2.22. The number of carbonyl (C=O) groups is 3. The highest BCUT2D eigenvalue weighted by molar-refractivity contribution is 5.94. The van der Waals surface area contributed by atoms with Crippen molar-refractivity contribution in [3.63, 3.8) is 0 Å². The number of hydrogen-bond donors (Lipinski definition) is 2. The lowest BCUT2D eigenvalue weighted by molar-refractivity contribution is -0.134. The quantitative estimate of drug-likeness (QED) is 0.626. The van der Waals surface area contributed by atoms with Crippen LogP contribution in [0.5, 0.6) is 0 Å². The van der Waals surface area contributed by atoms with E-state index in [0.717, 1.165) is 12.5 Å². The summed E-state index contributed by atoms with van der Waals surface area (Å²) >= 11 is 0. The molecule has 1 aliphatic carbocycles. The Balaban J connectivity index is 1.86. The summed E-state index contributed by atoms with van der Waals surface area (Å²) in [4.78, 5) is 37.5. The highest BCUT2D eigenvalue weighted by Crippen LogP contribution is 2.37. The molecule has 0 saturated heterocycles. The van der Waals surface area contributed by atoms with Gasteiger partial charge in [-0.15, -0.1) is 0 Å². The summed E-state index contributed by atoms with van der Waals surface area (Å²) in [6, 6.07) is 1.61. The summed E-state index contributed by atoms with van der Waals surface area (Å²) in [5.41, 5.74) is -0.501. The Morgan fingerprint density at radius 2 is 1.86 bits per heavy atom. The maximum absolute atomic E-state index is 13.7. The van der Waals surface area contributed by atoms with E-state index < -0.39 is 29.0 Å². The third kappa shape index (κ3) is 5.71. The lowest BCUT2D eigenvalue weighted by atomic mass is 10.2. The second-order valence-corrected chi connectivity index (χ2v) is 6.95. The third-order valence-electron chi connectivity index (χ3n) is 4.57. The van der Waals surface area contributed by atoms with E-state index in [-0.39, 0.29) is 37.2 Å². The molecule has 3 amide bonds. The molecule has 2 atom stereocenters. The molecule has 154 valence electrons. The minimum atomic E-state index is -1.68. The van der Waals surface area contributed by atoms with Crippen LogP contribution in [0.4, 0.5) is 18.9 Å². The van der Waals surface area contributed by atoms with E-state index in [1.165, 1.54) is 4.90 Å². The number of halogens is 3. The molecule has 0 aliphatic heterocycles. The van der Waals surface area contributed by atoms with Gasteiger partial charge >= 0.3 is 0 Å². The van der Waals surface area contributed by atoms with E-state index in [0.29, 0.717) is 24.9 Å². The zero-order valence-electron chi connectivity index (χ0n) is 15.9. The van der Waals surface area contributed by atoms with Crippen molar-refractivity contribution in [3.05, 3.63) is 29.6 Å². The fraction of sp³-hybridized carbons (Fsp3) is 0.526. The molecule has 1 saturated carbocycles. The normalized spacial score (nSPS) is 17.8. The van der Waals surface area contributed by atoms with Gasteiger partial charge in [-0.2, -0.15) is 0 Å². The molecule has 0 radical (unpaired) electrons. The minimum Gasteiger partial charge on any atom is -0.355 e. The number of nitrogens with one attached hydrogen (secondary N) is 2. The zero-order valence-corrected chi connectivity index (χ0v) is 15.9. The van der Waals surface area contributed by atoms with Crippen LogP contribution in [0.2, 0.25) is 0 Å². The van der Waals surface area contributed by atoms with Gasteiger partial charge in [-0.05, 0) is 30.9 Å². The lowest BCUT2D eigenvalue weighted by Crippen LogP contribution is -2.40. The topological polar surface area (TPSA) is 78.5 Å². The Morgan fingerprint density at radius 3 is 2.46 bits per heavy atom. The second-order valence-electron chi connectivity index (χ2n) is 6.95. The van der Waals surface area contributed by atoms with Gasteiger partial charge in [0.1, 0.15) is 0 Å². The van der Waals surface area contributed by atoms with Gasteiger partial charge in [0.2, 0.25) is 17.7 Å². The Kier molecular flexibility index (Phi) is 7.42. The van der Waals surface area contributed by atoms with Gasteiger partial charge in [0, 0.05) is 25.4 Å². The van der Waals surface area contributed by atoms with Gasteiger partial charge in [0.25, 0.3) is 0 Å². The molecule has 0 spiro atoms. The van der Waals surface area contributed by atoms with Gasteiger partial charge in [0.05, 0.1) is 12.2 Å². The van der Waals surface area contributed by atoms with Gasteiger partial charge < -0.3 is 15.5 Å². The summed E-state index contributed by atoms with van der Waals surface area (Å²) in [6.45, 7) is 3.90. The first kappa shape index (κ1) is 21.7. The van der Waals surface area contributed by atoms with E-state index in [4.69, 9.17) is 0 Å². The molecule has 0 aromatic heterocycles. The van der Waals surface area contributed by atoms with Gasteiger partial charge in [-0.1, -0.05) is 13.8 Å².